The molecule has 27 heavy (non-hydrogen) atoms. The highest BCUT2D eigenvalue weighted by atomic mass is 32.2. The van der Waals surface area contributed by atoms with Gasteiger partial charge in [0.05, 0.1) is 10.3 Å². The number of benzene rings is 1. The Hall–Kier alpha value is -2.26. The van der Waals surface area contributed by atoms with E-state index in [-0.39, 0.29) is 0 Å². The number of rotatable bonds is 4. The van der Waals surface area contributed by atoms with Gasteiger partial charge in [0.1, 0.15) is 28.0 Å². The highest BCUT2D eigenvalue weighted by Crippen LogP contribution is 2.34. The number of halogens is 2. The smallest absolute Gasteiger partial charge is 0.265 e. The number of hydrogen-bond donors (Lipinski definition) is 1. The third-order valence-corrected chi connectivity index (χ3v) is 5.94. The van der Waals surface area contributed by atoms with Crippen molar-refractivity contribution < 1.29 is 13.6 Å². The summed E-state index contributed by atoms with van der Waals surface area (Å²) in [5.41, 5.74) is -0.449. The van der Waals surface area contributed by atoms with E-state index in [0.717, 1.165) is 49.3 Å². The maximum Gasteiger partial charge on any atom is 0.265 e. The Morgan fingerprint density at radius 2 is 1.93 bits per heavy atom. The van der Waals surface area contributed by atoms with E-state index in [9.17, 15) is 13.6 Å². The SMILES string of the molecule is CSc1nc(N2CCCC2)c2cc(C(=O)Nc3c(F)cccc3F)sc2n1. The summed E-state index contributed by atoms with van der Waals surface area (Å²) in [4.78, 5) is 24.9. The molecule has 0 unspecified atom stereocenters. The van der Waals surface area contributed by atoms with Gasteiger partial charge in [0.15, 0.2) is 5.16 Å². The number of carbonyl (C=O) groups excluding carboxylic acids is 1. The van der Waals surface area contributed by atoms with Crippen LogP contribution in [0, 0.1) is 11.6 Å². The fraction of sp³-hybridized carbons (Fsp3) is 0.278. The molecule has 2 aromatic heterocycles. The molecule has 0 spiro atoms. The fourth-order valence-corrected chi connectivity index (χ4v) is 4.39. The van der Waals surface area contributed by atoms with E-state index >= 15 is 0 Å². The molecule has 1 fully saturated rings. The van der Waals surface area contributed by atoms with E-state index in [1.165, 1.54) is 29.2 Å². The second-order valence-corrected chi connectivity index (χ2v) is 7.91. The van der Waals surface area contributed by atoms with Gasteiger partial charge in [-0.1, -0.05) is 17.8 Å². The molecular weight excluding hydrogens is 390 g/mol. The Labute approximate surface area is 162 Å². The number of aromatic nitrogens is 2. The van der Waals surface area contributed by atoms with Crippen molar-refractivity contribution in [2.24, 2.45) is 0 Å². The standard InChI is InChI=1S/C18H16F2N4OS2/c1-26-18-22-15(24-7-2-3-8-24)10-9-13(27-17(10)23-18)16(25)21-14-11(19)5-4-6-12(14)20/h4-6,9H,2-3,7-8H2,1H3,(H,21,25). The summed E-state index contributed by atoms with van der Waals surface area (Å²) in [6.07, 6.45) is 4.10. The summed E-state index contributed by atoms with van der Waals surface area (Å²) in [5, 5.41) is 3.76. The van der Waals surface area contributed by atoms with Crippen LogP contribution in [0.3, 0.4) is 0 Å². The molecule has 4 rings (SSSR count). The number of carbonyl (C=O) groups is 1. The minimum Gasteiger partial charge on any atom is -0.356 e. The van der Waals surface area contributed by atoms with Gasteiger partial charge in [0.2, 0.25) is 0 Å². The van der Waals surface area contributed by atoms with Crippen LogP contribution in [0.5, 0.6) is 0 Å². The molecular formula is C18H16F2N4OS2. The summed E-state index contributed by atoms with van der Waals surface area (Å²) in [5.74, 6) is -1.38. The topological polar surface area (TPSA) is 58.1 Å². The molecule has 1 N–H and O–H groups in total. The normalized spacial score (nSPS) is 14.1. The second-order valence-electron chi connectivity index (χ2n) is 6.11. The zero-order valence-electron chi connectivity index (χ0n) is 14.5. The maximum atomic E-state index is 13.8. The van der Waals surface area contributed by atoms with E-state index in [4.69, 9.17) is 0 Å². The van der Waals surface area contributed by atoms with Crippen LogP contribution in [0.1, 0.15) is 22.5 Å². The van der Waals surface area contributed by atoms with Crippen LogP contribution in [0.25, 0.3) is 10.2 Å². The average molecular weight is 406 g/mol. The van der Waals surface area contributed by atoms with Gasteiger partial charge in [0, 0.05) is 13.1 Å². The summed E-state index contributed by atoms with van der Waals surface area (Å²) >= 11 is 2.63. The lowest BCUT2D eigenvalue weighted by Gasteiger charge is -2.17. The zero-order valence-corrected chi connectivity index (χ0v) is 16.1. The Morgan fingerprint density at radius 1 is 1.22 bits per heavy atom. The predicted octanol–water partition coefficient (Wildman–Crippen LogP) is 4.54. The molecule has 1 aromatic carbocycles. The zero-order chi connectivity index (χ0) is 19.0. The van der Waals surface area contributed by atoms with Gasteiger partial charge in [-0.3, -0.25) is 4.79 Å². The molecule has 0 radical (unpaired) electrons. The highest BCUT2D eigenvalue weighted by molar-refractivity contribution is 7.98. The van der Waals surface area contributed by atoms with Crippen LogP contribution in [0.2, 0.25) is 0 Å². The summed E-state index contributed by atoms with van der Waals surface area (Å²) in [7, 11) is 0. The van der Waals surface area contributed by atoms with Gasteiger partial charge in [-0.2, -0.15) is 0 Å². The van der Waals surface area contributed by atoms with E-state index in [1.807, 2.05) is 6.26 Å². The van der Waals surface area contributed by atoms with Crippen molar-refractivity contribution in [1.82, 2.24) is 9.97 Å². The molecule has 3 heterocycles. The van der Waals surface area contributed by atoms with Gasteiger partial charge >= 0.3 is 0 Å². The lowest BCUT2D eigenvalue weighted by molar-refractivity contribution is 0.102. The van der Waals surface area contributed by atoms with Crippen LogP contribution in [0.4, 0.5) is 20.3 Å². The van der Waals surface area contributed by atoms with Crippen molar-refractivity contribution in [3.8, 4) is 0 Å². The molecule has 0 atom stereocenters. The number of hydrogen-bond acceptors (Lipinski definition) is 6. The number of para-hydroxylation sites is 1. The molecule has 0 aliphatic carbocycles. The van der Waals surface area contributed by atoms with Crippen LogP contribution in [-0.4, -0.2) is 35.2 Å². The van der Waals surface area contributed by atoms with Gasteiger partial charge < -0.3 is 10.2 Å². The minimum absolute atomic E-state index is 0.334. The molecule has 1 saturated heterocycles. The lowest BCUT2D eigenvalue weighted by Crippen LogP contribution is -2.19. The third kappa shape index (κ3) is 3.49. The minimum atomic E-state index is -0.813. The van der Waals surface area contributed by atoms with E-state index in [1.54, 1.807) is 6.07 Å². The molecule has 1 aliphatic rings. The quantitative estimate of drug-likeness (QED) is 0.509. The summed E-state index contributed by atoms with van der Waals surface area (Å²) in [6.45, 7) is 1.83. The number of nitrogens with zero attached hydrogens (tertiary/aromatic N) is 3. The Morgan fingerprint density at radius 3 is 2.59 bits per heavy atom. The molecule has 3 aromatic rings. The van der Waals surface area contributed by atoms with E-state index < -0.39 is 23.2 Å². The van der Waals surface area contributed by atoms with Crippen LogP contribution < -0.4 is 10.2 Å². The molecule has 9 heteroatoms. The van der Waals surface area contributed by atoms with Crippen molar-refractivity contribution in [2.45, 2.75) is 18.0 Å². The number of nitrogens with one attached hydrogen (secondary N) is 1. The summed E-state index contributed by atoms with van der Waals surface area (Å²) < 4.78 is 27.6. The van der Waals surface area contributed by atoms with Gasteiger partial charge in [-0.25, -0.2) is 18.7 Å². The number of amides is 1. The van der Waals surface area contributed by atoms with Crippen molar-refractivity contribution in [2.75, 3.05) is 29.6 Å². The number of thioether (sulfide) groups is 1. The average Bonchev–Trinajstić information content (AvgIpc) is 3.33. The van der Waals surface area contributed by atoms with Gasteiger partial charge in [-0.05, 0) is 37.3 Å². The number of thiophene rings is 1. The largest absolute Gasteiger partial charge is 0.356 e. The van der Waals surface area contributed by atoms with E-state index in [2.05, 4.69) is 20.2 Å². The van der Waals surface area contributed by atoms with Crippen LogP contribution >= 0.6 is 23.1 Å². The molecule has 0 bridgehead atoms. The summed E-state index contributed by atoms with van der Waals surface area (Å²) in [6, 6.07) is 5.16. The number of fused-ring (bicyclic) bond motifs is 1. The maximum absolute atomic E-state index is 13.8. The predicted molar refractivity (Wildman–Crippen MR) is 105 cm³/mol. The molecule has 5 nitrogen and oxygen atoms in total. The highest BCUT2D eigenvalue weighted by Gasteiger charge is 2.22. The van der Waals surface area contributed by atoms with Crippen LogP contribution in [0.15, 0.2) is 29.4 Å². The first-order valence-corrected chi connectivity index (χ1v) is 10.5. The Balaban J connectivity index is 1.72. The van der Waals surface area contributed by atoms with Crippen molar-refractivity contribution in [1.29, 1.82) is 0 Å². The van der Waals surface area contributed by atoms with Crippen molar-refractivity contribution in [3.63, 3.8) is 0 Å². The van der Waals surface area contributed by atoms with E-state index in [0.29, 0.717) is 14.9 Å². The molecule has 0 saturated carbocycles. The first-order valence-electron chi connectivity index (χ1n) is 8.42. The van der Waals surface area contributed by atoms with Crippen molar-refractivity contribution in [3.05, 3.63) is 40.8 Å². The Bertz CT molecular complexity index is 998. The second kappa shape index (κ2) is 7.40. The van der Waals surface area contributed by atoms with Crippen molar-refractivity contribution >= 4 is 50.7 Å². The first kappa shape index (κ1) is 18.1. The molecule has 1 aliphatic heterocycles. The number of anilines is 2. The van der Waals surface area contributed by atoms with Gasteiger partial charge in [0.25, 0.3) is 5.91 Å². The monoisotopic (exact) mass is 406 g/mol. The lowest BCUT2D eigenvalue weighted by atomic mass is 10.2. The van der Waals surface area contributed by atoms with Crippen LogP contribution in [-0.2, 0) is 0 Å². The first-order chi connectivity index (χ1) is 13.1. The molecule has 1 amide bonds. The van der Waals surface area contributed by atoms with Gasteiger partial charge in [-0.15, -0.1) is 11.3 Å². The molecule has 140 valence electrons. The third-order valence-electron chi connectivity index (χ3n) is 4.37. The fourth-order valence-electron chi connectivity index (χ4n) is 3.05. The Kier molecular flexibility index (Phi) is 4.96.